The van der Waals surface area contributed by atoms with E-state index in [9.17, 15) is 13.2 Å². The lowest BCUT2D eigenvalue weighted by molar-refractivity contribution is -0.123. The first-order valence-electron chi connectivity index (χ1n) is 9.99. The van der Waals surface area contributed by atoms with Crippen LogP contribution in [0.2, 0.25) is 0 Å². The number of hydrogen-bond donors (Lipinski definition) is 2. The largest absolute Gasteiger partial charge is 0.496 e. The van der Waals surface area contributed by atoms with Crippen molar-refractivity contribution in [2.24, 2.45) is 0 Å². The number of rotatable bonds is 9. The van der Waals surface area contributed by atoms with E-state index < -0.39 is 16.1 Å². The van der Waals surface area contributed by atoms with Gasteiger partial charge in [-0.3, -0.25) is 4.79 Å². The quantitative estimate of drug-likeness (QED) is 0.634. The summed E-state index contributed by atoms with van der Waals surface area (Å²) in [4.78, 5) is 13.0. The van der Waals surface area contributed by atoms with Gasteiger partial charge in [-0.1, -0.05) is 30.3 Å². The fourth-order valence-corrected chi connectivity index (χ4v) is 4.73. The number of benzene rings is 2. The molecule has 3 rings (SSSR count). The molecule has 162 valence electrons. The van der Waals surface area contributed by atoms with Crippen LogP contribution in [0, 0.1) is 6.92 Å². The molecule has 1 fully saturated rings. The first-order chi connectivity index (χ1) is 14.4. The highest BCUT2D eigenvalue weighted by molar-refractivity contribution is 7.89. The van der Waals surface area contributed by atoms with E-state index in [0.29, 0.717) is 24.5 Å². The molecule has 0 aromatic heterocycles. The van der Waals surface area contributed by atoms with Crippen LogP contribution in [0.25, 0.3) is 0 Å². The number of aryl methyl sites for hydroxylation is 1. The minimum atomic E-state index is -3.91. The molecule has 30 heavy (non-hydrogen) atoms. The van der Waals surface area contributed by atoms with Crippen LogP contribution in [0.5, 0.6) is 5.75 Å². The molecule has 2 aromatic carbocycles. The van der Waals surface area contributed by atoms with E-state index in [1.807, 2.05) is 30.3 Å². The molecule has 0 aliphatic carbocycles. The molecule has 2 aromatic rings. The highest BCUT2D eigenvalue weighted by Crippen LogP contribution is 2.21. The molecule has 1 aliphatic heterocycles. The monoisotopic (exact) mass is 432 g/mol. The topological polar surface area (TPSA) is 93.7 Å². The van der Waals surface area contributed by atoms with Gasteiger partial charge in [-0.25, -0.2) is 8.42 Å². The normalized spacial score (nSPS) is 17.5. The second kappa shape index (κ2) is 10.1. The molecule has 1 heterocycles. The van der Waals surface area contributed by atoms with Crippen LogP contribution >= 0.6 is 0 Å². The van der Waals surface area contributed by atoms with Crippen molar-refractivity contribution >= 4 is 15.9 Å². The molecule has 7 nitrogen and oxygen atoms in total. The summed E-state index contributed by atoms with van der Waals surface area (Å²) < 4.78 is 39.3. The molecule has 0 saturated carbocycles. The molecular formula is C22H28N2O5S. The number of sulfonamides is 1. The SMILES string of the molecule is COc1ccc(S(=O)(=O)N[C@H](Cc2ccccc2)C(=O)NC[C@@H]2CCCO2)cc1C. The van der Waals surface area contributed by atoms with Crippen LogP contribution in [0.4, 0.5) is 0 Å². The van der Waals surface area contributed by atoms with Crippen molar-refractivity contribution in [2.45, 2.75) is 43.2 Å². The third-order valence-electron chi connectivity index (χ3n) is 5.10. The maximum atomic E-state index is 13.0. The molecule has 2 N–H and O–H groups in total. The lowest BCUT2D eigenvalue weighted by atomic mass is 10.1. The van der Waals surface area contributed by atoms with Gasteiger partial charge in [-0.15, -0.1) is 0 Å². The Morgan fingerprint density at radius 3 is 2.63 bits per heavy atom. The summed E-state index contributed by atoms with van der Waals surface area (Å²) in [6.07, 6.45) is 2.08. The standard InChI is InChI=1S/C22H28N2O5S/c1-16-13-19(10-11-21(16)28-2)30(26,27)24-20(14-17-7-4-3-5-8-17)22(25)23-15-18-9-6-12-29-18/h3-5,7-8,10-11,13,18,20,24H,6,9,12,14-15H2,1-2H3,(H,23,25)/t18-,20+/m0/s1. The molecule has 0 unspecified atom stereocenters. The average molecular weight is 433 g/mol. The first kappa shape index (κ1) is 22.3. The molecule has 0 radical (unpaired) electrons. The van der Waals surface area contributed by atoms with Gasteiger partial charge < -0.3 is 14.8 Å². The van der Waals surface area contributed by atoms with E-state index in [1.165, 1.54) is 19.2 Å². The zero-order chi connectivity index (χ0) is 21.6. The Morgan fingerprint density at radius 2 is 2.00 bits per heavy atom. The predicted octanol–water partition coefficient (Wildman–Crippen LogP) is 2.19. The highest BCUT2D eigenvalue weighted by Gasteiger charge is 2.27. The molecular weight excluding hydrogens is 404 g/mol. The summed E-state index contributed by atoms with van der Waals surface area (Å²) in [6.45, 7) is 2.83. The maximum Gasteiger partial charge on any atom is 0.241 e. The molecule has 8 heteroatoms. The van der Waals surface area contributed by atoms with E-state index in [1.54, 1.807) is 13.0 Å². The van der Waals surface area contributed by atoms with Gasteiger partial charge in [0.05, 0.1) is 18.1 Å². The Kier molecular flexibility index (Phi) is 7.47. The molecule has 1 amide bonds. The zero-order valence-electron chi connectivity index (χ0n) is 17.3. The van der Waals surface area contributed by atoms with Crippen molar-refractivity contribution in [2.75, 3.05) is 20.3 Å². The number of methoxy groups -OCH3 is 1. The number of ether oxygens (including phenoxy) is 2. The van der Waals surface area contributed by atoms with Gasteiger partial charge in [0, 0.05) is 13.2 Å². The van der Waals surface area contributed by atoms with E-state index in [-0.39, 0.29) is 23.3 Å². The first-order valence-corrected chi connectivity index (χ1v) is 11.5. The smallest absolute Gasteiger partial charge is 0.241 e. The van der Waals surface area contributed by atoms with E-state index >= 15 is 0 Å². The van der Waals surface area contributed by atoms with Gasteiger partial charge in [0.1, 0.15) is 11.8 Å². The van der Waals surface area contributed by atoms with Gasteiger partial charge in [-0.2, -0.15) is 4.72 Å². The van der Waals surface area contributed by atoms with Gasteiger partial charge >= 0.3 is 0 Å². The fourth-order valence-electron chi connectivity index (χ4n) is 3.45. The van der Waals surface area contributed by atoms with Crippen molar-refractivity contribution in [3.63, 3.8) is 0 Å². The molecule has 1 saturated heterocycles. The Morgan fingerprint density at radius 1 is 1.23 bits per heavy atom. The minimum Gasteiger partial charge on any atom is -0.496 e. The van der Waals surface area contributed by atoms with Crippen molar-refractivity contribution < 1.29 is 22.7 Å². The van der Waals surface area contributed by atoms with Crippen LogP contribution in [0.15, 0.2) is 53.4 Å². The van der Waals surface area contributed by atoms with Crippen molar-refractivity contribution in [1.82, 2.24) is 10.0 Å². The average Bonchev–Trinajstić information content (AvgIpc) is 3.26. The number of carbonyl (C=O) groups is 1. The van der Waals surface area contributed by atoms with Gasteiger partial charge in [0.15, 0.2) is 0 Å². The number of hydrogen-bond acceptors (Lipinski definition) is 5. The number of amides is 1. The zero-order valence-corrected chi connectivity index (χ0v) is 18.1. The van der Waals surface area contributed by atoms with Crippen molar-refractivity contribution in [3.8, 4) is 5.75 Å². The van der Waals surface area contributed by atoms with Gasteiger partial charge in [-0.05, 0) is 55.5 Å². The molecule has 1 aliphatic rings. The molecule has 2 atom stereocenters. The Hall–Kier alpha value is -2.42. The van der Waals surface area contributed by atoms with Crippen LogP contribution in [0.1, 0.15) is 24.0 Å². The number of carbonyl (C=O) groups excluding carboxylic acids is 1. The Balaban J connectivity index is 1.77. The van der Waals surface area contributed by atoms with Crippen LogP contribution in [-0.2, 0) is 26.0 Å². The summed E-state index contributed by atoms with van der Waals surface area (Å²) in [6, 6.07) is 13.0. The maximum absolute atomic E-state index is 13.0. The lowest BCUT2D eigenvalue weighted by Crippen LogP contribution is -2.49. The van der Waals surface area contributed by atoms with Crippen LogP contribution < -0.4 is 14.8 Å². The second-order valence-electron chi connectivity index (χ2n) is 7.38. The lowest BCUT2D eigenvalue weighted by Gasteiger charge is -2.20. The van der Waals surface area contributed by atoms with Gasteiger partial charge in [0.25, 0.3) is 0 Å². The second-order valence-corrected chi connectivity index (χ2v) is 9.09. The Bertz CT molecular complexity index is 957. The third kappa shape index (κ3) is 5.81. The van der Waals surface area contributed by atoms with Crippen LogP contribution in [0.3, 0.4) is 0 Å². The van der Waals surface area contributed by atoms with Crippen molar-refractivity contribution in [3.05, 3.63) is 59.7 Å². The van der Waals surface area contributed by atoms with Crippen molar-refractivity contribution in [1.29, 1.82) is 0 Å². The number of nitrogens with one attached hydrogen (secondary N) is 2. The van der Waals surface area contributed by atoms with E-state index in [0.717, 1.165) is 18.4 Å². The summed E-state index contributed by atoms with van der Waals surface area (Å²) in [7, 11) is -2.38. The summed E-state index contributed by atoms with van der Waals surface area (Å²) >= 11 is 0. The van der Waals surface area contributed by atoms with Crippen LogP contribution in [-0.4, -0.2) is 46.7 Å². The fraction of sp³-hybridized carbons (Fsp3) is 0.409. The summed E-state index contributed by atoms with van der Waals surface area (Å²) in [5.74, 6) is 0.229. The van der Waals surface area contributed by atoms with E-state index in [2.05, 4.69) is 10.0 Å². The van der Waals surface area contributed by atoms with Gasteiger partial charge in [0.2, 0.25) is 15.9 Å². The molecule has 0 bridgehead atoms. The predicted molar refractivity (Wildman–Crippen MR) is 114 cm³/mol. The highest BCUT2D eigenvalue weighted by atomic mass is 32.2. The van der Waals surface area contributed by atoms with E-state index in [4.69, 9.17) is 9.47 Å². The summed E-state index contributed by atoms with van der Waals surface area (Å²) in [5.41, 5.74) is 1.56. The minimum absolute atomic E-state index is 0.0211. The summed E-state index contributed by atoms with van der Waals surface area (Å²) in [5, 5.41) is 2.84. The molecule has 0 spiro atoms. The third-order valence-corrected chi connectivity index (χ3v) is 6.57. The Labute approximate surface area is 177 Å².